The number of hydrogen-bond donors (Lipinski definition) is 0. The smallest absolute Gasteiger partial charge is 0.238 e. The Bertz CT molecular complexity index is 1050. The van der Waals surface area contributed by atoms with Gasteiger partial charge in [0.25, 0.3) is 0 Å². The summed E-state index contributed by atoms with van der Waals surface area (Å²) in [5, 5.41) is 0.384. The molecule has 3 aromatic carbocycles. The number of carbonyl (C=O) groups is 1. The van der Waals surface area contributed by atoms with E-state index in [4.69, 9.17) is 16.3 Å². The lowest BCUT2D eigenvalue weighted by Gasteiger charge is -2.26. The van der Waals surface area contributed by atoms with Crippen molar-refractivity contribution >= 4 is 50.9 Å². The molecule has 148 valence electrons. The first-order valence-corrected chi connectivity index (χ1v) is 11.1. The minimum atomic E-state index is -0.298. The number of rotatable bonds is 5. The lowest BCUT2D eigenvalue weighted by molar-refractivity contribution is -0.115. The Labute approximate surface area is 185 Å². The summed E-state index contributed by atoms with van der Waals surface area (Å²) >= 11 is 11.1. The average Bonchev–Trinajstić information content (AvgIpc) is 3.09. The average molecular weight is 493 g/mol. The van der Waals surface area contributed by atoms with Crippen LogP contribution in [0.5, 0.6) is 5.75 Å². The lowest BCUT2D eigenvalue weighted by atomic mass is 10.1. The predicted octanol–water partition coefficient (Wildman–Crippen LogP) is 6.60. The Morgan fingerprint density at radius 2 is 1.93 bits per heavy atom. The molecule has 0 aromatic heterocycles. The predicted molar refractivity (Wildman–Crippen MR) is 119 cm³/mol. The third-order valence-electron chi connectivity index (χ3n) is 4.49. The first-order chi connectivity index (χ1) is 14.0. The molecule has 0 aliphatic carbocycles. The number of hydrogen-bond acceptors (Lipinski definition) is 3. The van der Waals surface area contributed by atoms with Crippen LogP contribution in [0.3, 0.4) is 0 Å². The molecule has 0 N–H and O–H groups in total. The zero-order valence-corrected chi connectivity index (χ0v) is 18.3. The number of amides is 1. The van der Waals surface area contributed by atoms with Crippen molar-refractivity contribution in [2.45, 2.75) is 12.0 Å². The van der Waals surface area contributed by atoms with Gasteiger partial charge in [0.05, 0.1) is 5.75 Å². The van der Waals surface area contributed by atoms with E-state index in [0.717, 1.165) is 21.3 Å². The number of nitrogens with zero attached hydrogens (tertiary/aromatic N) is 1. The van der Waals surface area contributed by atoms with Gasteiger partial charge < -0.3 is 4.74 Å². The lowest BCUT2D eigenvalue weighted by Crippen LogP contribution is -2.28. The van der Waals surface area contributed by atoms with Gasteiger partial charge in [-0.25, -0.2) is 4.39 Å². The van der Waals surface area contributed by atoms with Crippen molar-refractivity contribution in [3.8, 4) is 5.75 Å². The molecule has 7 heteroatoms. The van der Waals surface area contributed by atoms with E-state index in [2.05, 4.69) is 15.9 Å². The van der Waals surface area contributed by atoms with Gasteiger partial charge in [0.2, 0.25) is 5.91 Å². The van der Waals surface area contributed by atoms with E-state index in [1.807, 2.05) is 36.4 Å². The maximum absolute atomic E-state index is 13.5. The van der Waals surface area contributed by atoms with Crippen molar-refractivity contribution < 1.29 is 13.9 Å². The number of thioether (sulfide) groups is 1. The molecular formula is C22H16BrClFNO2S. The molecule has 1 aliphatic rings. The maximum atomic E-state index is 13.5. The number of halogens is 3. The van der Waals surface area contributed by atoms with Gasteiger partial charge in [0, 0.05) is 20.7 Å². The summed E-state index contributed by atoms with van der Waals surface area (Å²) in [4.78, 5) is 14.4. The van der Waals surface area contributed by atoms with Crippen LogP contribution in [0, 0.1) is 5.82 Å². The van der Waals surface area contributed by atoms with Gasteiger partial charge in [-0.05, 0) is 60.2 Å². The van der Waals surface area contributed by atoms with Gasteiger partial charge in [-0.15, -0.1) is 11.8 Å². The number of benzene rings is 3. The SMILES string of the molecule is O=C1CS[C@H](c2cc(Br)ccc2OCc2cccc(F)c2)N1c1ccc(Cl)cc1. The molecule has 1 fully saturated rings. The highest BCUT2D eigenvalue weighted by molar-refractivity contribution is 9.10. The zero-order chi connectivity index (χ0) is 20.4. The molecule has 1 amide bonds. The summed E-state index contributed by atoms with van der Waals surface area (Å²) in [5.74, 6) is 0.762. The van der Waals surface area contributed by atoms with Crippen molar-refractivity contribution in [3.05, 3.63) is 93.2 Å². The summed E-state index contributed by atoms with van der Waals surface area (Å²) in [5.41, 5.74) is 2.40. The van der Waals surface area contributed by atoms with Crippen molar-refractivity contribution in [2.24, 2.45) is 0 Å². The van der Waals surface area contributed by atoms with Gasteiger partial charge in [-0.2, -0.15) is 0 Å². The summed E-state index contributed by atoms with van der Waals surface area (Å²) in [6.45, 7) is 0.235. The summed E-state index contributed by atoms with van der Waals surface area (Å²) < 4.78 is 20.4. The highest BCUT2D eigenvalue weighted by Gasteiger charge is 2.36. The first kappa shape index (κ1) is 20.3. The van der Waals surface area contributed by atoms with Crippen LogP contribution < -0.4 is 9.64 Å². The van der Waals surface area contributed by atoms with Crippen LogP contribution in [0.15, 0.2) is 71.2 Å². The second kappa shape index (κ2) is 8.78. The van der Waals surface area contributed by atoms with Crippen LogP contribution in [0.2, 0.25) is 5.02 Å². The van der Waals surface area contributed by atoms with E-state index in [-0.39, 0.29) is 23.7 Å². The molecule has 1 heterocycles. The molecule has 4 rings (SSSR count). The van der Waals surface area contributed by atoms with Crippen molar-refractivity contribution in [2.75, 3.05) is 10.7 Å². The Kier molecular flexibility index (Phi) is 6.13. The molecule has 0 radical (unpaired) electrons. The minimum Gasteiger partial charge on any atom is -0.489 e. The van der Waals surface area contributed by atoms with Gasteiger partial charge in [0.1, 0.15) is 23.5 Å². The van der Waals surface area contributed by atoms with Crippen LogP contribution in [-0.2, 0) is 11.4 Å². The number of carbonyl (C=O) groups excluding carboxylic acids is 1. The van der Waals surface area contributed by atoms with E-state index < -0.39 is 0 Å². The maximum Gasteiger partial charge on any atom is 0.238 e. The molecule has 1 saturated heterocycles. The molecule has 1 aliphatic heterocycles. The van der Waals surface area contributed by atoms with Crippen LogP contribution in [0.25, 0.3) is 0 Å². The largest absolute Gasteiger partial charge is 0.489 e. The van der Waals surface area contributed by atoms with Crippen LogP contribution in [0.4, 0.5) is 10.1 Å². The van der Waals surface area contributed by atoms with E-state index in [0.29, 0.717) is 16.5 Å². The first-order valence-electron chi connectivity index (χ1n) is 8.87. The molecule has 29 heavy (non-hydrogen) atoms. The molecule has 0 bridgehead atoms. The van der Waals surface area contributed by atoms with E-state index in [9.17, 15) is 9.18 Å². The third-order valence-corrected chi connectivity index (χ3v) is 6.43. The van der Waals surface area contributed by atoms with E-state index in [1.54, 1.807) is 34.9 Å². The summed E-state index contributed by atoms with van der Waals surface area (Å²) in [6, 6.07) is 19.2. The zero-order valence-electron chi connectivity index (χ0n) is 15.1. The minimum absolute atomic E-state index is 0.0263. The number of anilines is 1. The third kappa shape index (κ3) is 4.60. The molecular weight excluding hydrogens is 477 g/mol. The fourth-order valence-corrected chi connectivity index (χ4v) is 4.86. The molecule has 3 nitrogen and oxygen atoms in total. The van der Waals surface area contributed by atoms with E-state index in [1.165, 1.54) is 12.1 Å². The van der Waals surface area contributed by atoms with Crippen LogP contribution in [-0.4, -0.2) is 11.7 Å². The summed E-state index contributed by atoms with van der Waals surface area (Å²) in [6.07, 6.45) is 0. The molecule has 1 atom stereocenters. The Morgan fingerprint density at radius 3 is 2.69 bits per heavy atom. The van der Waals surface area contributed by atoms with Crippen molar-refractivity contribution in [3.63, 3.8) is 0 Å². The molecule has 3 aromatic rings. The van der Waals surface area contributed by atoms with E-state index >= 15 is 0 Å². The fraction of sp³-hybridized carbons (Fsp3) is 0.136. The Hall–Kier alpha value is -2.02. The van der Waals surface area contributed by atoms with Gasteiger partial charge in [-0.1, -0.05) is 39.7 Å². The highest BCUT2D eigenvalue weighted by Crippen LogP contribution is 2.45. The van der Waals surface area contributed by atoms with Crippen molar-refractivity contribution in [1.29, 1.82) is 0 Å². The Morgan fingerprint density at radius 1 is 1.14 bits per heavy atom. The van der Waals surface area contributed by atoms with Crippen molar-refractivity contribution in [1.82, 2.24) is 0 Å². The second-order valence-electron chi connectivity index (χ2n) is 6.50. The standard InChI is InChI=1S/C22H16BrClFNO2S/c23-15-4-9-20(28-12-14-2-1-3-17(25)10-14)19(11-15)22-26(21(27)13-29-22)18-7-5-16(24)6-8-18/h1-11,22H,12-13H2/t22-/m1/s1. The van der Waals surface area contributed by atoms with Gasteiger partial charge in [0.15, 0.2) is 0 Å². The number of ether oxygens (including phenoxy) is 1. The fourth-order valence-electron chi connectivity index (χ4n) is 3.17. The monoisotopic (exact) mass is 491 g/mol. The molecule has 0 saturated carbocycles. The second-order valence-corrected chi connectivity index (χ2v) is 8.92. The normalized spacial score (nSPS) is 16.3. The quantitative estimate of drug-likeness (QED) is 0.402. The molecule has 0 unspecified atom stereocenters. The topological polar surface area (TPSA) is 29.5 Å². The van der Waals surface area contributed by atoms with Gasteiger partial charge in [-0.3, -0.25) is 9.69 Å². The van der Waals surface area contributed by atoms with Gasteiger partial charge >= 0.3 is 0 Å². The molecule has 0 spiro atoms. The van der Waals surface area contributed by atoms with Crippen LogP contribution >= 0.6 is 39.3 Å². The highest BCUT2D eigenvalue weighted by atomic mass is 79.9. The van der Waals surface area contributed by atoms with Crippen LogP contribution in [0.1, 0.15) is 16.5 Å². The summed E-state index contributed by atoms with van der Waals surface area (Å²) in [7, 11) is 0. The Balaban J connectivity index is 1.65.